The van der Waals surface area contributed by atoms with E-state index in [1.807, 2.05) is 18.2 Å². The predicted molar refractivity (Wildman–Crippen MR) is 154 cm³/mol. The van der Waals surface area contributed by atoms with E-state index in [1.54, 1.807) is 41.9 Å². The smallest absolute Gasteiger partial charge is 0.151 e. The van der Waals surface area contributed by atoms with Crippen molar-refractivity contribution in [3.05, 3.63) is 89.0 Å². The molecular weight excluding hydrogens is 537 g/mol. The molecule has 1 fully saturated rings. The van der Waals surface area contributed by atoms with Crippen molar-refractivity contribution in [2.45, 2.75) is 13.5 Å². The second kappa shape index (κ2) is 11.1. The molecule has 5 aromatic rings. The van der Waals surface area contributed by atoms with Crippen molar-refractivity contribution in [3.8, 4) is 16.3 Å². The average molecular weight is 562 g/mol. The van der Waals surface area contributed by atoms with Gasteiger partial charge in [-0.15, -0.1) is 11.3 Å². The first-order chi connectivity index (χ1) is 19.0. The standard InChI is InChI=1S/C29H25ClFN5O2S/c1-18-5-7-23(35-29(18)36-9-11-37-12-10-36)26-15-24-27(39-26)28(33-17-32-24)34-21-6-8-25(22(30)14-21)38-16-19-3-2-4-20(31)13-19/h2-8,13-15,17H,9-12,16H2,1H3,(H,32,33,34). The van der Waals surface area contributed by atoms with Crippen LogP contribution in [0.25, 0.3) is 20.8 Å². The Morgan fingerprint density at radius 1 is 1.08 bits per heavy atom. The van der Waals surface area contributed by atoms with E-state index in [9.17, 15) is 4.39 Å². The number of benzene rings is 2. The summed E-state index contributed by atoms with van der Waals surface area (Å²) in [6.07, 6.45) is 1.54. The summed E-state index contributed by atoms with van der Waals surface area (Å²) < 4.78 is 25.7. The van der Waals surface area contributed by atoms with Gasteiger partial charge in [0.25, 0.3) is 0 Å². The third kappa shape index (κ3) is 5.66. The number of rotatable bonds is 7. The van der Waals surface area contributed by atoms with E-state index in [2.05, 4.69) is 33.2 Å². The summed E-state index contributed by atoms with van der Waals surface area (Å²) in [5, 5.41) is 3.80. The van der Waals surface area contributed by atoms with Crippen molar-refractivity contribution < 1.29 is 13.9 Å². The van der Waals surface area contributed by atoms with Gasteiger partial charge in [0.1, 0.15) is 30.3 Å². The van der Waals surface area contributed by atoms with Crippen LogP contribution in [0.3, 0.4) is 0 Å². The Labute approximate surface area is 234 Å². The SMILES string of the molecule is Cc1ccc(-c2cc3ncnc(Nc4ccc(OCc5cccc(F)c5)c(Cl)c4)c3s2)nc1N1CCOCC1. The number of hydrogen-bond acceptors (Lipinski definition) is 8. The molecule has 198 valence electrons. The Kier molecular flexibility index (Phi) is 7.28. The van der Waals surface area contributed by atoms with Crippen LogP contribution in [0, 0.1) is 12.7 Å². The number of nitrogens with one attached hydrogen (secondary N) is 1. The van der Waals surface area contributed by atoms with Crippen molar-refractivity contribution in [3.63, 3.8) is 0 Å². The van der Waals surface area contributed by atoms with Gasteiger partial charge in [-0.2, -0.15) is 0 Å². The van der Waals surface area contributed by atoms with Gasteiger partial charge in [-0.25, -0.2) is 19.3 Å². The predicted octanol–water partition coefficient (Wildman–Crippen LogP) is 7.01. The summed E-state index contributed by atoms with van der Waals surface area (Å²) in [5.74, 6) is 1.89. The molecule has 0 bridgehead atoms. The maximum absolute atomic E-state index is 13.4. The zero-order valence-corrected chi connectivity index (χ0v) is 22.7. The van der Waals surface area contributed by atoms with Crippen LogP contribution in [0.5, 0.6) is 5.75 Å². The van der Waals surface area contributed by atoms with Gasteiger partial charge in [-0.05, 0) is 60.5 Å². The molecule has 4 heterocycles. The zero-order chi connectivity index (χ0) is 26.8. The Bertz CT molecular complexity index is 1640. The van der Waals surface area contributed by atoms with Crippen LogP contribution in [0.2, 0.25) is 5.02 Å². The highest BCUT2D eigenvalue weighted by Crippen LogP contribution is 2.38. The Morgan fingerprint density at radius 3 is 2.77 bits per heavy atom. The quantitative estimate of drug-likeness (QED) is 0.229. The average Bonchev–Trinajstić information content (AvgIpc) is 3.39. The molecular formula is C29H25ClFN5O2S. The summed E-state index contributed by atoms with van der Waals surface area (Å²) in [6, 6.07) is 17.9. The number of aromatic nitrogens is 3. The van der Waals surface area contributed by atoms with Crippen LogP contribution in [0.15, 0.2) is 67.0 Å². The molecule has 0 atom stereocenters. The second-order valence-corrected chi connectivity index (χ2v) is 10.6. The first kappa shape index (κ1) is 25.5. The normalized spacial score (nSPS) is 13.6. The lowest BCUT2D eigenvalue weighted by Gasteiger charge is -2.29. The van der Waals surface area contributed by atoms with Gasteiger partial charge in [-0.3, -0.25) is 0 Å². The first-order valence-corrected chi connectivity index (χ1v) is 13.7. The number of ether oxygens (including phenoxy) is 2. The largest absolute Gasteiger partial charge is 0.487 e. The molecule has 3 aromatic heterocycles. The number of thiophene rings is 1. The molecule has 10 heteroatoms. The molecule has 0 unspecified atom stereocenters. The molecule has 1 aliphatic rings. The van der Waals surface area contributed by atoms with Gasteiger partial charge in [0.05, 0.1) is 39.0 Å². The number of halogens is 2. The molecule has 2 aromatic carbocycles. The van der Waals surface area contributed by atoms with E-state index < -0.39 is 0 Å². The molecule has 1 N–H and O–H groups in total. The highest BCUT2D eigenvalue weighted by Gasteiger charge is 2.18. The lowest BCUT2D eigenvalue weighted by atomic mass is 10.2. The number of morpholine rings is 1. The minimum atomic E-state index is -0.301. The van der Waals surface area contributed by atoms with Gasteiger partial charge in [-0.1, -0.05) is 29.8 Å². The van der Waals surface area contributed by atoms with Crippen LogP contribution >= 0.6 is 22.9 Å². The second-order valence-electron chi connectivity index (χ2n) is 9.17. The van der Waals surface area contributed by atoms with Gasteiger partial charge >= 0.3 is 0 Å². The summed E-state index contributed by atoms with van der Waals surface area (Å²) in [4.78, 5) is 17.3. The van der Waals surface area contributed by atoms with E-state index in [4.69, 9.17) is 26.1 Å². The summed E-state index contributed by atoms with van der Waals surface area (Å²) in [7, 11) is 0. The van der Waals surface area contributed by atoms with Crippen molar-refractivity contribution in [1.29, 1.82) is 0 Å². The minimum absolute atomic E-state index is 0.217. The molecule has 39 heavy (non-hydrogen) atoms. The van der Waals surface area contributed by atoms with Crippen molar-refractivity contribution >= 4 is 50.5 Å². The van der Waals surface area contributed by atoms with E-state index in [0.29, 0.717) is 29.8 Å². The van der Waals surface area contributed by atoms with E-state index in [1.165, 1.54) is 12.1 Å². The molecule has 0 aliphatic carbocycles. The van der Waals surface area contributed by atoms with Crippen molar-refractivity contribution in [2.24, 2.45) is 0 Å². The number of fused-ring (bicyclic) bond motifs is 1. The maximum Gasteiger partial charge on any atom is 0.151 e. The number of aryl methyl sites for hydroxylation is 1. The van der Waals surface area contributed by atoms with E-state index >= 15 is 0 Å². The maximum atomic E-state index is 13.4. The van der Waals surface area contributed by atoms with Crippen LogP contribution < -0.4 is 15.0 Å². The number of hydrogen-bond donors (Lipinski definition) is 1. The number of nitrogens with zero attached hydrogens (tertiary/aromatic N) is 4. The van der Waals surface area contributed by atoms with Gasteiger partial charge in [0.2, 0.25) is 0 Å². The van der Waals surface area contributed by atoms with Crippen molar-refractivity contribution in [2.75, 3.05) is 36.5 Å². The lowest BCUT2D eigenvalue weighted by Crippen LogP contribution is -2.37. The highest BCUT2D eigenvalue weighted by molar-refractivity contribution is 7.22. The Balaban J connectivity index is 1.22. The number of pyridine rings is 1. The summed E-state index contributed by atoms with van der Waals surface area (Å²) >= 11 is 8.09. The lowest BCUT2D eigenvalue weighted by molar-refractivity contribution is 0.122. The summed E-state index contributed by atoms with van der Waals surface area (Å²) in [6.45, 7) is 5.39. The van der Waals surface area contributed by atoms with E-state index in [-0.39, 0.29) is 12.4 Å². The van der Waals surface area contributed by atoms with Crippen LogP contribution in [0.4, 0.5) is 21.7 Å². The zero-order valence-electron chi connectivity index (χ0n) is 21.2. The molecule has 0 amide bonds. The molecule has 0 spiro atoms. The summed E-state index contributed by atoms with van der Waals surface area (Å²) in [5.41, 5.74) is 4.37. The first-order valence-electron chi connectivity index (χ1n) is 12.5. The molecule has 0 saturated carbocycles. The molecule has 0 radical (unpaired) electrons. The molecule has 6 rings (SSSR count). The topological polar surface area (TPSA) is 72.4 Å². The fourth-order valence-corrected chi connectivity index (χ4v) is 5.70. The van der Waals surface area contributed by atoms with Crippen LogP contribution in [0.1, 0.15) is 11.1 Å². The third-order valence-corrected chi connectivity index (χ3v) is 7.87. The van der Waals surface area contributed by atoms with Gasteiger partial charge < -0.3 is 19.7 Å². The third-order valence-electron chi connectivity index (χ3n) is 6.42. The monoisotopic (exact) mass is 561 g/mol. The highest BCUT2D eigenvalue weighted by atomic mass is 35.5. The molecule has 1 aliphatic heterocycles. The fraction of sp³-hybridized carbons (Fsp3) is 0.207. The van der Waals surface area contributed by atoms with Gasteiger partial charge in [0, 0.05) is 18.8 Å². The van der Waals surface area contributed by atoms with Crippen molar-refractivity contribution in [1.82, 2.24) is 15.0 Å². The molecule has 1 saturated heterocycles. The Morgan fingerprint density at radius 2 is 1.95 bits per heavy atom. The van der Waals surface area contributed by atoms with Crippen LogP contribution in [-0.4, -0.2) is 41.3 Å². The Hall–Kier alpha value is -3.79. The van der Waals surface area contributed by atoms with Gasteiger partial charge in [0.15, 0.2) is 5.82 Å². The van der Waals surface area contributed by atoms with E-state index in [0.717, 1.165) is 56.5 Å². The molecule has 7 nitrogen and oxygen atoms in total. The minimum Gasteiger partial charge on any atom is -0.487 e. The van der Waals surface area contributed by atoms with Crippen LogP contribution in [-0.2, 0) is 11.3 Å². The fourth-order valence-electron chi connectivity index (χ4n) is 4.44. The number of anilines is 3.